The number of benzene rings is 1. The molecule has 4 heteroatoms. The summed E-state index contributed by atoms with van der Waals surface area (Å²) in [4.78, 5) is 1.20. The first kappa shape index (κ1) is 12.6. The number of nitrogens with two attached hydrogens (primary N) is 1. The van der Waals surface area contributed by atoms with Gasteiger partial charge >= 0.3 is 0 Å². The number of halogens is 1. The molecule has 0 aliphatic heterocycles. The molecule has 0 heterocycles. The molecule has 0 amide bonds. The smallest absolute Gasteiger partial charge is 0.0413 e. The maximum absolute atomic E-state index is 5.39. The van der Waals surface area contributed by atoms with Gasteiger partial charge in [-0.1, -0.05) is 12.1 Å². The summed E-state index contributed by atoms with van der Waals surface area (Å²) in [5.41, 5.74) is 2.71. The van der Waals surface area contributed by atoms with Crippen LogP contribution in [-0.4, -0.2) is 11.8 Å². The van der Waals surface area contributed by atoms with Crippen LogP contribution in [0.2, 0.25) is 0 Å². The van der Waals surface area contributed by atoms with E-state index >= 15 is 0 Å². The van der Waals surface area contributed by atoms with Crippen LogP contribution in [0, 0.1) is 12.3 Å². The zero-order valence-electron chi connectivity index (χ0n) is 8.24. The molecule has 1 rings (SSSR count). The van der Waals surface area contributed by atoms with Crippen molar-refractivity contribution in [1.29, 1.82) is 0 Å². The van der Waals surface area contributed by atoms with Crippen LogP contribution in [0.1, 0.15) is 6.42 Å². The number of terminal acetylenes is 1. The Balaban J connectivity index is 2.49. The summed E-state index contributed by atoms with van der Waals surface area (Å²) < 4.78 is 1.10. The zero-order valence-corrected chi connectivity index (χ0v) is 10.6. The van der Waals surface area contributed by atoms with Gasteiger partial charge in [0.15, 0.2) is 0 Å². The van der Waals surface area contributed by atoms with E-state index in [1.807, 2.05) is 18.2 Å². The van der Waals surface area contributed by atoms with Crippen molar-refractivity contribution in [2.45, 2.75) is 17.4 Å². The van der Waals surface area contributed by atoms with Gasteiger partial charge in [-0.2, -0.15) is 0 Å². The van der Waals surface area contributed by atoms with Crippen LogP contribution in [0.5, 0.6) is 0 Å². The van der Waals surface area contributed by atoms with Gasteiger partial charge in [-0.05, 0) is 28.1 Å². The van der Waals surface area contributed by atoms with Crippen LogP contribution >= 0.6 is 27.7 Å². The van der Waals surface area contributed by atoms with E-state index in [4.69, 9.17) is 12.3 Å². The summed E-state index contributed by atoms with van der Waals surface area (Å²) in [5.74, 6) is 8.86. The molecule has 0 aromatic heterocycles. The molecule has 1 aromatic rings. The highest BCUT2D eigenvalue weighted by atomic mass is 79.9. The van der Waals surface area contributed by atoms with E-state index in [0.717, 1.165) is 10.2 Å². The van der Waals surface area contributed by atoms with Crippen molar-refractivity contribution in [3.63, 3.8) is 0 Å². The van der Waals surface area contributed by atoms with Crippen molar-refractivity contribution in [2.24, 2.45) is 5.84 Å². The van der Waals surface area contributed by atoms with E-state index in [1.54, 1.807) is 11.8 Å². The number of hydrogen-bond donors (Lipinski definition) is 2. The Hall–Kier alpha value is -0.470. The first-order valence-electron chi connectivity index (χ1n) is 4.55. The molecule has 15 heavy (non-hydrogen) atoms. The minimum Gasteiger partial charge on any atom is -0.271 e. The molecule has 0 saturated carbocycles. The molecule has 0 radical (unpaired) electrons. The summed E-state index contributed by atoms with van der Waals surface area (Å²) in [7, 11) is 0. The van der Waals surface area contributed by atoms with Gasteiger partial charge in [0.2, 0.25) is 0 Å². The Kier molecular flexibility index (Phi) is 5.81. The van der Waals surface area contributed by atoms with E-state index in [1.165, 1.54) is 4.90 Å². The van der Waals surface area contributed by atoms with Crippen molar-refractivity contribution < 1.29 is 0 Å². The van der Waals surface area contributed by atoms with Gasteiger partial charge in [0, 0.05) is 27.6 Å². The third kappa shape index (κ3) is 4.27. The molecular formula is C11H13BrN2S. The molecule has 0 saturated heterocycles. The van der Waals surface area contributed by atoms with Crippen molar-refractivity contribution in [3.8, 4) is 12.3 Å². The van der Waals surface area contributed by atoms with Crippen LogP contribution in [0.25, 0.3) is 0 Å². The maximum Gasteiger partial charge on any atom is 0.0413 e. The molecular weight excluding hydrogens is 272 g/mol. The van der Waals surface area contributed by atoms with Gasteiger partial charge in [-0.25, -0.2) is 0 Å². The third-order valence-electron chi connectivity index (χ3n) is 1.88. The van der Waals surface area contributed by atoms with Crippen LogP contribution in [-0.2, 0) is 0 Å². The molecule has 1 atom stereocenters. The first-order valence-corrected chi connectivity index (χ1v) is 6.32. The fourth-order valence-electron chi connectivity index (χ4n) is 1.06. The van der Waals surface area contributed by atoms with E-state index < -0.39 is 0 Å². The second-order valence-electron chi connectivity index (χ2n) is 3.01. The normalized spacial score (nSPS) is 12.1. The lowest BCUT2D eigenvalue weighted by Crippen LogP contribution is -2.36. The lowest BCUT2D eigenvalue weighted by molar-refractivity contribution is 0.592. The minimum absolute atomic E-state index is 0.159. The second-order valence-corrected chi connectivity index (χ2v) is 4.93. The predicted molar refractivity (Wildman–Crippen MR) is 69.4 cm³/mol. The largest absolute Gasteiger partial charge is 0.271 e. The fraction of sp³-hybridized carbons (Fsp3) is 0.273. The SMILES string of the molecule is C#CCC(CSc1ccccc1Br)NN. The van der Waals surface area contributed by atoms with Gasteiger partial charge in [0.05, 0.1) is 0 Å². The van der Waals surface area contributed by atoms with E-state index in [0.29, 0.717) is 6.42 Å². The number of rotatable bonds is 5. The molecule has 0 bridgehead atoms. The molecule has 2 nitrogen and oxygen atoms in total. The lowest BCUT2D eigenvalue weighted by atomic mass is 10.3. The highest BCUT2D eigenvalue weighted by Gasteiger charge is 2.06. The quantitative estimate of drug-likeness (QED) is 0.377. The zero-order chi connectivity index (χ0) is 11.1. The van der Waals surface area contributed by atoms with E-state index in [2.05, 4.69) is 33.3 Å². The predicted octanol–water partition coefficient (Wildman–Crippen LogP) is 2.40. The highest BCUT2D eigenvalue weighted by Crippen LogP contribution is 2.27. The number of hydrogen-bond acceptors (Lipinski definition) is 3. The van der Waals surface area contributed by atoms with Crippen LogP contribution in [0.3, 0.4) is 0 Å². The monoisotopic (exact) mass is 284 g/mol. The average Bonchev–Trinajstić information content (AvgIpc) is 2.26. The summed E-state index contributed by atoms with van der Waals surface area (Å²) in [5, 5.41) is 0. The standard InChI is InChI=1S/C11H13BrN2S/c1-2-5-9(14-13)8-15-11-7-4-3-6-10(11)12/h1,3-4,6-7,9,14H,5,8,13H2. The molecule has 80 valence electrons. The molecule has 0 spiro atoms. The Morgan fingerprint density at radius 3 is 2.87 bits per heavy atom. The molecule has 1 aromatic carbocycles. The van der Waals surface area contributed by atoms with Crippen molar-refractivity contribution in [1.82, 2.24) is 5.43 Å². The van der Waals surface area contributed by atoms with Gasteiger partial charge in [0.25, 0.3) is 0 Å². The number of nitrogens with one attached hydrogen (secondary N) is 1. The molecule has 0 fully saturated rings. The van der Waals surface area contributed by atoms with Crippen molar-refractivity contribution >= 4 is 27.7 Å². The Morgan fingerprint density at radius 1 is 1.53 bits per heavy atom. The van der Waals surface area contributed by atoms with Gasteiger partial charge in [-0.3, -0.25) is 11.3 Å². The van der Waals surface area contributed by atoms with Crippen LogP contribution in [0.15, 0.2) is 33.6 Å². The first-order chi connectivity index (χ1) is 7.27. The fourth-order valence-corrected chi connectivity index (χ4v) is 2.66. The van der Waals surface area contributed by atoms with Crippen molar-refractivity contribution in [2.75, 3.05) is 5.75 Å². The lowest BCUT2D eigenvalue weighted by Gasteiger charge is -2.12. The summed E-state index contributed by atoms with van der Waals surface area (Å²) >= 11 is 5.23. The topological polar surface area (TPSA) is 38.0 Å². The minimum atomic E-state index is 0.159. The highest BCUT2D eigenvalue weighted by molar-refractivity contribution is 9.10. The van der Waals surface area contributed by atoms with Crippen LogP contribution in [0.4, 0.5) is 0 Å². The number of hydrazine groups is 1. The summed E-state index contributed by atoms with van der Waals surface area (Å²) in [6.45, 7) is 0. The van der Waals surface area contributed by atoms with Crippen LogP contribution < -0.4 is 11.3 Å². The molecule has 0 aliphatic rings. The summed E-state index contributed by atoms with van der Waals surface area (Å²) in [6, 6.07) is 8.26. The second kappa shape index (κ2) is 6.91. The van der Waals surface area contributed by atoms with Gasteiger partial charge in [-0.15, -0.1) is 24.1 Å². The Morgan fingerprint density at radius 2 is 2.27 bits per heavy atom. The molecule has 0 aliphatic carbocycles. The van der Waals surface area contributed by atoms with E-state index in [9.17, 15) is 0 Å². The summed E-state index contributed by atoms with van der Waals surface area (Å²) in [6.07, 6.45) is 5.89. The third-order valence-corrected chi connectivity index (χ3v) is 4.07. The maximum atomic E-state index is 5.39. The average molecular weight is 285 g/mol. The molecule has 3 N–H and O–H groups in total. The Labute approximate surface area is 103 Å². The Bertz CT molecular complexity index is 349. The van der Waals surface area contributed by atoms with E-state index in [-0.39, 0.29) is 6.04 Å². The van der Waals surface area contributed by atoms with Crippen molar-refractivity contribution in [3.05, 3.63) is 28.7 Å². The number of thioether (sulfide) groups is 1. The molecule has 1 unspecified atom stereocenters. The van der Waals surface area contributed by atoms with Gasteiger partial charge in [0.1, 0.15) is 0 Å². The van der Waals surface area contributed by atoms with Gasteiger partial charge < -0.3 is 0 Å².